The van der Waals surface area contributed by atoms with E-state index in [1.165, 1.54) is 6.08 Å². The molecule has 0 radical (unpaired) electrons. The summed E-state index contributed by atoms with van der Waals surface area (Å²) >= 11 is 6.00. The predicted octanol–water partition coefficient (Wildman–Crippen LogP) is 5.82. The molecular formula is C29H36ClN5O2. The van der Waals surface area contributed by atoms with E-state index in [-0.39, 0.29) is 23.3 Å². The molecule has 0 saturated carbocycles. The molecule has 4 rings (SSSR count). The van der Waals surface area contributed by atoms with Gasteiger partial charge in [0.2, 0.25) is 11.9 Å². The SMILES string of the molecule is C=CC(=O)N1CCCC(n2c(NC(=O)c3ccc(Cl)cc3)nc3cc(CNC(C)C(C)(C)C)ccc32)C1. The summed E-state index contributed by atoms with van der Waals surface area (Å²) in [6.07, 6.45) is 3.10. The molecule has 1 fully saturated rings. The van der Waals surface area contributed by atoms with E-state index in [9.17, 15) is 9.59 Å². The molecule has 0 spiro atoms. The molecule has 2 aromatic carbocycles. The molecule has 2 heterocycles. The highest BCUT2D eigenvalue weighted by atomic mass is 35.5. The van der Waals surface area contributed by atoms with Crippen LogP contribution in [0, 0.1) is 5.41 Å². The second kappa shape index (κ2) is 11.1. The number of amides is 2. The molecule has 0 bridgehead atoms. The van der Waals surface area contributed by atoms with Crippen LogP contribution >= 0.6 is 11.6 Å². The van der Waals surface area contributed by atoms with E-state index in [1.54, 1.807) is 24.3 Å². The summed E-state index contributed by atoms with van der Waals surface area (Å²) in [7, 11) is 0. The Labute approximate surface area is 223 Å². The molecule has 0 aliphatic carbocycles. The smallest absolute Gasteiger partial charge is 0.257 e. The number of imidazole rings is 1. The number of benzene rings is 2. The fraction of sp³-hybridized carbons (Fsp3) is 0.414. The van der Waals surface area contributed by atoms with Gasteiger partial charge >= 0.3 is 0 Å². The number of halogens is 1. The topological polar surface area (TPSA) is 79.3 Å². The van der Waals surface area contributed by atoms with Gasteiger partial charge in [-0.15, -0.1) is 0 Å². The van der Waals surface area contributed by atoms with Crippen molar-refractivity contribution in [3.63, 3.8) is 0 Å². The van der Waals surface area contributed by atoms with Crippen LogP contribution in [0.15, 0.2) is 55.1 Å². The molecule has 2 amide bonds. The summed E-state index contributed by atoms with van der Waals surface area (Å²) in [5.74, 6) is 0.132. The highest BCUT2D eigenvalue weighted by molar-refractivity contribution is 6.30. The van der Waals surface area contributed by atoms with Crippen LogP contribution in [0.25, 0.3) is 11.0 Å². The highest BCUT2D eigenvalue weighted by Gasteiger charge is 2.28. The summed E-state index contributed by atoms with van der Waals surface area (Å²) < 4.78 is 2.07. The molecule has 7 nitrogen and oxygen atoms in total. The average molecular weight is 522 g/mol. The molecule has 2 unspecified atom stereocenters. The summed E-state index contributed by atoms with van der Waals surface area (Å²) in [5.41, 5.74) is 3.51. The number of hydrogen-bond acceptors (Lipinski definition) is 4. The molecule has 196 valence electrons. The van der Waals surface area contributed by atoms with Crippen molar-refractivity contribution in [1.82, 2.24) is 19.8 Å². The van der Waals surface area contributed by atoms with Crippen LogP contribution in [0.2, 0.25) is 5.02 Å². The van der Waals surface area contributed by atoms with Gasteiger partial charge in [0.1, 0.15) is 0 Å². The van der Waals surface area contributed by atoms with Gasteiger partial charge in [0.05, 0.1) is 17.1 Å². The van der Waals surface area contributed by atoms with Gasteiger partial charge in [-0.1, -0.05) is 45.0 Å². The van der Waals surface area contributed by atoms with Gasteiger partial charge in [0.15, 0.2) is 0 Å². The summed E-state index contributed by atoms with van der Waals surface area (Å²) in [4.78, 5) is 32.1. The Kier molecular flexibility index (Phi) is 8.05. The number of fused-ring (bicyclic) bond motifs is 1. The molecule has 1 aliphatic heterocycles. The molecule has 37 heavy (non-hydrogen) atoms. The number of nitrogens with one attached hydrogen (secondary N) is 2. The van der Waals surface area contributed by atoms with Crippen molar-refractivity contribution in [2.24, 2.45) is 5.41 Å². The Morgan fingerprint density at radius 3 is 2.62 bits per heavy atom. The van der Waals surface area contributed by atoms with E-state index in [1.807, 2.05) is 4.90 Å². The summed E-state index contributed by atoms with van der Waals surface area (Å²) in [6.45, 7) is 14.4. The minimum Gasteiger partial charge on any atom is -0.337 e. The third-order valence-corrected chi connectivity index (χ3v) is 7.50. The fourth-order valence-corrected chi connectivity index (χ4v) is 4.68. The monoisotopic (exact) mass is 521 g/mol. The predicted molar refractivity (Wildman–Crippen MR) is 150 cm³/mol. The first-order valence-electron chi connectivity index (χ1n) is 12.8. The number of anilines is 1. The number of carbonyl (C=O) groups excluding carboxylic acids is 2. The molecule has 3 aromatic rings. The Bertz CT molecular complexity index is 1290. The van der Waals surface area contributed by atoms with Crippen LogP contribution in [0.4, 0.5) is 5.95 Å². The highest BCUT2D eigenvalue weighted by Crippen LogP contribution is 2.31. The van der Waals surface area contributed by atoms with Crippen molar-refractivity contribution in [3.05, 3.63) is 71.3 Å². The van der Waals surface area contributed by atoms with Gasteiger partial charge in [-0.25, -0.2) is 4.98 Å². The fourth-order valence-electron chi connectivity index (χ4n) is 4.56. The van der Waals surface area contributed by atoms with Crippen molar-refractivity contribution in [2.45, 2.75) is 59.2 Å². The maximum absolute atomic E-state index is 13.1. The standard InChI is InChI=1S/C29H36ClN5O2/c1-6-26(36)34-15-7-8-23(18-34)35-25-14-9-20(17-31-19(2)29(3,4)5)16-24(25)32-28(35)33-27(37)21-10-12-22(30)13-11-21/h6,9-14,16,19,23,31H,1,7-8,15,17-18H2,2-5H3,(H,32,33,37). The normalized spacial score (nSPS) is 17.0. The maximum atomic E-state index is 13.1. The van der Waals surface area contributed by atoms with E-state index >= 15 is 0 Å². The zero-order chi connectivity index (χ0) is 26.7. The van der Waals surface area contributed by atoms with Crippen LogP contribution in [0.1, 0.15) is 62.5 Å². The van der Waals surface area contributed by atoms with Gasteiger partial charge in [0, 0.05) is 36.3 Å². The van der Waals surface area contributed by atoms with Crippen molar-refractivity contribution in [3.8, 4) is 0 Å². The number of likely N-dealkylation sites (tertiary alicyclic amines) is 1. The van der Waals surface area contributed by atoms with Crippen LogP contribution in [-0.2, 0) is 11.3 Å². The lowest BCUT2D eigenvalue weighted by Crippen LogP contribution is -2.40. The van der Waals surface area contributed by atoms with Crippen LogP contribution in [-0.4, -0.2) is 45.4 Å². The Hall–Kier alpha value is -3.16. The van der Waals surface area contributed by atoms with E-state index < -0.39 is 0 Å². The van der Waals surface area contributed by atoms with E-state index in [2.05, 4.69) is 67.7 Å². The first kappa shape index (κ1) is 26.9. The van der Waals surface area contributed by atoms with E-state index in [0.717, 1.165) is 36.0 Å². The lowest BCUT2D eigenvalue weighted by Gasteiger charge is -2.33. The van der Waals surface area contributed by atoms with E-state index in [0.29, 0.717) is 35.7 Å². The quantitative estimate of drug-likeness (QED) is 0.384. The van der Waals surface area contributed by atoms with Crippen molar-refractivity contribution in [1.29, 1.82) is 0 Å². The lowest BCUT2D eigenvalue weighted by atomic mass is 9.88. The largest absolute Gasteiger partial charge is 0.337 e. The number of piperidine rings is 1. The average Bonchev–Trinajstić information content (AvgIpc) is 3.23. The van der Waals surface area contributed by atoms with Gasteiger partial charge in [-0.2, -0.15) is 0 Å². The van der Waals surface area contributed by atoms with Gasteiger partial charge in [-0.05, 0) is 73.2 Å². The third-order valence-electron chi connectivity index (χ3n) is 7.25. The minimum absolute atomic E-state index is 0.0203. The number of hydrogen-bond donors (Lipinski definition) is 2. The number of aromatic nitrogens is 2. The van der Waals surface area contributed by atoms with Crippen LogP contribution in [0.5, 0.6) is 0 Å². The zero-order valence-electron chi connectivity index (χ0n) is 22.1. The Balaban J connectivity index is 1.68. The molecule has 8 heteroatoms. The maximum Gasteiger partial charge on any atom is 0.257 e. The molecule has 2 atom stereocenters. The van der Waals surface area contributed by atoms with Crippen LogP contribution < -0.4 is 10.6 Å². The zero-order valence-corrected chi connectivity index (χ0v) is 22.8. The minimum atomic E-state index is -0.260. The Morgan fingerprint density at radius 2 is 1.95 bits per heavy atom. The number of carbonyl (C=O) groups is 2. The first-order valence-corrected chi connectivity index (χ1v) is 13.2. The van der Waals surface area contributed by atoms with Crippen LogP contribution in [0.3, 0.4) is 0 Å². The first-order chi connectivity index (χ1) is 17.6. The van der Waals surface area contributed by atoms with Crippen molar-refractivity contribution < 1.29 is 9.59 Å². The Morgan fingerprint density at radius 1 is 1.22 bits per heavy atom. The number of rotatable bonds is 7. The lowest BCUT2D eigenvalue weighted by molar-refractivity contribution is -0.127. The van der Waals surface area contributed by atoms with E-state index in [4.69, 9.17) is 16.6 Å². The molecule has 1 saturated heterocycles. The second-order valence-corrected chi connectivity index (χ2v) is 11.3. The molecule has 1 aromatic heterocycles. The summed E-state index contributed by atoms with van der Waals surface area (Å²) in [6, 6.07) is 13.3. The van der Waals surface area contributed by atoms with Crippen molar-refractivity contribution >= 4 is 40.4 Å². The van der Waals surface area contributed by atoms with Gasteiger partial charge in [0.25, 0.3) is 5.91 Å². The molecular weight excluding hydrogens is 486 g/mol. The second-order valence-electron chi connectivity index (χ2n) is 10.8. The number of nitrogens with zero attached hydrogens (tertiary/aromatic N) is 3. The molecule has 1 aliphatic rings. The van der Waals surface area contributed by atoms with Gasteiger partial charge in [-0.3, -0.25) is 14.9 Å². The van der Waals surface area contributed by atoms with Gasteiger partial charge < -0.3 is 14.8 Å². The third kappa shape index (κ3) is 6.22. The van der Waals surface area contributed by atoms with Crippen molar-refractivity contribution in [2.75, 3.05) is 18.4 Å². The molecule has 2 N–H and O–H groups in total. The summed E-state index contributed by atoms with van der Waals surface area (Å²) in [5, 5.41) is 7.18.